The molecule has 3 N–H and O–H groups in total. The smallest absolute Gasteiger partial charge is 0.416 e. The van der Waals surface area contributed by atoms with Gasteiger partial charge in [0.25, 0.3) is 0 Å². The van der Waals surface area contributed by atoms with Crippen LogP contribution in [0.5, 0.6) is 0 Å². The van der Waals surface area contributed by atoms with Gasteiger partial charge in [-0.05, 0) is 29.7 Å². The summed E-state index contributed by atoms with van der Waals surface area (Å²) in [7, 11) is 0. The number of rotatable bonds is 4. The molecule has 11 heteroatoms. The lowest BCUT2D eigenvalue weighted by atomic mass is 10.1. The van der Waals surface area contributed by atoms with Crippen molar-refractivity contribution in [3.05, 3.63) is 72.3 Å². The van der Waals surface area contributed by atoms with Crippen LogP contribution < -0.4 is 16.0 Å². The zero-order valence-electron chi connectivity index (χ0n) is 18.7. The van der Waals surface area contributed by atoms with E-state index in [9.17, 15) is 22.8 Å². The minimum atomic E-state index is -4.52. The predicted octanol–water partition coefficient (Wildman–Crippen LogP) is 4.76. The normalized spacial score (nSPS) is 23.2. The molecule has 0 saturated carbocycles. The number of anilines is 2. The molecule has 3 aromatic carbocycles. The van der Waals surface area contributed by atoms with Crippen molar-refractivity contribution in [1.29, 1.82) is 0 Å². The van der Waals surface area contributed by atoms with Crippen LogP contribution in [0.4, 0.5) is 34.1 Å². The van der Waals surface area contributed by atoms with E-state index in [1.54, 1.807) is 6.07 Å². The highest BCUT2D eigenvalue weighted by molar-refractivity contribution is 6.00. The Hall–Kier alpha value is -3.83. The average molecular weight is 501 g/mol. The number of carbonyl (C=O) groups is 2. The minimum Gasteiger partial charge on any atom is -0.441 e. The predicted molar refractivity (Wildman–Crippen MR) is 125 cm³/mol. The van der Waals surface area contributed by atoms with Crippen LogP contribution in [-0.4, -0.2) is 49.7 Å². The Morgan fingerprint density at radius 1 is 0.889 bits per heavy atom. The molecule has 5 rings (SSSR count). The summed E-state index contributed by atoms with van der Waals surface area (Å²) in [6.07, 6.45) is -7.05. The lowest BCUT2D eigenvalue weighted by molar-refractivity contribution is -0.137. The number of ether oxygens (including phenoxy) is 3. The topological polar surface area (TPSA) is 97.9 Å². The highest BCUT2D eigenvalue weighted by Crippen LogP contribution is 2.32. The van der Waals surface area contributed by atoms with Gasteiger partial charge in [-0.15, -0.1) is 0 Å². The molecule has 2 aliphatic rings. The van der Waals surface area contributed by atoms with Crippen LogP contribution in [-0.2, 0) is 20.4 Å². The quantitative estimate of drug-likeness (QED) is 0.479. The third-order valence-corrected chi connectivity index (χ3v) is 6.06. The molecule has 0 unspecified atom stereocenters. The van der Waals surface area contributed by atoms with E-state index in [1.165, 1.54) is 12.1 Å². The largest absolute Gasteiger partial charge is 0.441 e. The fraction of sp³-hybridized carbons (Fsp3) is 0.280. The second kappa shape index (κ2) is 9.67. The maximum atomic E-state index is 12.9. The Labute approximate surface area is 203 Å². The van der Waals surface area contributed by atoms with E-state index < -0.39 is 48.2 Å². The molecular weight excluding hydrogens is 479 g/mol. The molecule has 0 aliphatic carbocycles. The standard InChI is InChI=1S/C25H22F3N3O5/c26-25(27,28)15-7-4-8-16(11-15)29-23(32)30-19-12-34-22-20(13-35-21(19)22)36-24(33)31-18-10-3-6-14-5-1-2-9-17(14)18/h1-11,19-22H,12-13H2,(H,31,33)(H2,29,30,32)/t19-,20-,21-,22+/m0/s1. The van der Waals surface area contributed by atoms with Gasteiger partial charge in [0, 0.05) is 11.1 Å². The van der Waals surface area contributed by atoms with Gasteiger partial charge < -0.3 is 24.8 Å². The monoisotopic (exact) mass is 501 g/mol. The number of halogens is 3. The lowest BCUT2D eigenvalue weighted by Crippen LogP contribution is -2.46. The highest BCUT2D eigenvalue weighted by Gasteiger charge is 2.50. The van der Waals surface area contributed by atoms with E-state index in [0.29, 0.717) is 5.69 Å². The first-order chi connectivity index (χ1) is 17.3. The molecular formula is C25H22F3N3O5. The van der Waals surface area contributed by atoms with Crippen molar-refractivity contribution in [3.8, 4) is 0 Å². The summed E-state index contributed by atoms with van der Waals surface area (Å²) in [4.78, 5) is 24.9. The first-order valence-corrected chi connectivity index (χ1v) is 11.2. The number of benzene rings is 3. The molecule has 0 aromatic heterocycles. The number of urea groups is 1. The third-order valence-electron chi connectivity index (χ3n) is 6.06. The molecule has 188 valence electrons. The van der Waals surface area contributed by atoms with Gasteiger partial charge >= 0.3 is 18.3 Å². The minimum absolute atomic E-state index is 0.00329. The molecule has 3 aromatic rings. The Bertz CT molecular complexity index is 1280. The molecule has 0 bridgehead atoms. The van der Waals surface area contributed by atoms with Crippen molar-refractivity contribution >= 4 is 34.3 Å². The Morgan fingerprint density at radius 2 is 1.64 bits per heavy atom. The summed E-state index contributed by atoms with van der Waals surface area (Å²) in [5.74, 6) is 0. The van der Waals surface area contributed by atoms with E-state index in [4.69, 9.17) is 14.2 Å². The fourth-order valence-corrected chi connectivity index (χ4v) is 4.41. The summed E-state index contributed by atoms with van der Waals surface area (Å²) >= 11 is 0. The van der Waals surface area contributed by atoms with Crippen LogP contribution in [0, 0.1) is 0 Å². The molecule has 4 atom stereocenters. The molecule has 2 saturated heterocycles. The van der Waals surface area contributed by atoms with Gasteiger partial charge in [0.15, 0.2) is 6.10 Å². The van der Waals surface area contributed by atoms with Crippen molar-refractivity contribution in [3.63, 3.8) is 0 Å². The maximum absolute atomic E-state index is 12.9. The molecule has 2 aliphatic heterocycles. The van der Waals surface area contributed by atoms with Crippen molar-refractivity contribution in [2.75, 3.05) is 23.8 Å². The van der Waals surface area contributed by atoms with Gasteiger partial charge in [-0.2, -0.15) is 13.2 Å². The second-order valence-corrected chi connectivity index (χ2v) is 8.47. The van der Waals surface area contributed by atoms with Crippen LogP contribution in [0.25, 0.3) is 10.8 Å². The zero-order valence-corrected chi connectivity index (χ0v) is 18.7. The summed E-state index contributed by atoms with van der Waals surface area (Å²) in [5, 5.41) is 9.62. The third kappa shape index (κ3) is 5.07. The van der Waals surface area contributed by atoms with E-state index >= 15 is 0 Å². The van der Waals surface area contributed by atoms with Crippen LogP contribution in [0.2, 0.25) is 0 Å². The Balaban J connectivity index is 1.16. The van der Waals surface area contributed by atoms with Crippen molar-refractivity contribution in [2.45, 2.75) is 30.5 Å². The van der Waals surface area contributed by atoms with Crippen LogP contribution in [0.1, 0.15) is 5.56 Å². The average Bonchev–Trinajstić information content (AvgIpc) is 3.42. The number of nitrogens with one attached hydrogen (secondary N) is 3. The van der Waals surface area contributed by atoms with Crippen LogP contribution >= 0.6 is 0 Å². The van der Waals surface area contributed by atoms with Gasteiger partial charge in [0.05, 0.1) is 30.5 Å². The van der Waals surface area contributed by atoms with Crippen molar-refractivity contribution < 1.29 is 37.0 Å². The maximum Gasteiger partial charge on any atom is 0.416 e. The van der Waals surface area contributed by atoms with E-state index in [1.807, 2.05) is 36.4 Å². The SMILES string of the molecule is O=C(Nc1cccc(C(F)(F)F)c1)N[C@H]1CO[C@H]2[C@H]1OC[C@@H]2OC(=O)Nc1cccc2ccccc12. The summed E-state index contributed by atoms with van der Waals surface area (Å²) < 4.78 is 55.7. The highest BCUT2D eigenvalue weighted by atomic mass is 19.4. The number of amides is 3. The Morgan fingerprint density at radius 3 is 2.47 bits per heavy atom. The fourth-order valence-electron chi connectivity index (χ4n) is 4.41. The summed E-state index contributed by atoms with van der Waals surface area (Å²) in [6, 6.07) is 16.2. The zero-order chi connectivity index (χ0) is 25.3. The molecule has 0 radical (unpaired) electrons. The number of alkyl halides is 3. The van der Waals surface area contributed by atoms with E-state index in [2.05, 4.69) is 16.0 Å². The molecule has 0 spiro atoms. The number of hydrogen-bond donors (Lipinski definition) is 3. The second-order valence-electron chi connectivity index (χ2n) is 8.47. The summed E-state index contributed by atoms with van der Waals surface area (Å²) in [5.41, 5.74) is -0.270. The first-order valence-electron chi connectivity index (χ1n) is 11.2. The molecule has 3 amide bonds. The van der Waals surface area contributed by atoms with Gasteiger partial charge in [-0.25, -0.2) is 9.59 Å². The van der Waals surface area contributed by atoms with Crippen LogP contribution in [0.15, 0.2) is 66.7 Å². The molecule has 36 heavy (non-hydrogen) atoms. The van der Waals surface area contributed by atoms with Crippen molar-refractivity contribution in [2.24, 2.45) is 0 Å². The van der Waals surface area contributed by atoms with Gasteiger partial charge in [-0.1, -0.05) is 42.5 Å². The first kappa shape index (κ1) is 23.9. The van der Waals surface area contributed by atoms with E-state index in [-0.39, 0.29) is 18.9 Å². The van der Waals surface area contributed by atoms with Gasteiger partial charge in [-0.3, -0.25) is 5.32 Å². The molecule has 2 heterocycles. The van der Waals surface area contributed by atoms with Crippen LogP contribution in [0.3, 0.4) is 0 Å². The lowest BCUT2D eigenvalue weighted by Gasteiger charge is -2.18. The molecule has 8 nitrogen and oxygen atoms in total. The van der Waals surface area contributed by atoms with E-state index in [0.717, 1.165) is 22.9 Å². The number of carbonyl (C=O) groups excluding carboxylic acids is 2. The number of fused-ring (bicyclic) bond motifs is 2. The summed E-state index contributed by atoms with van der Waals surface area (Å²) in [6.45, 7) is 0.169. The Kier molecular flexibility index (Phi) is 6.42. The number of hydrogen-bond acceptors (Lipinski definition) is 5. The van der Waals surface area contributed by atoms with Gasteiger partial charge in [0.2, 0.25) is 0 Å². The van der Waals surface area contributed by atoms with Crippen molar-refractivity contribution in [1.82, 2.24) is 5.32 Å². The molecule has 2 fully saturated rings. The van der Waals surface area contributed by atoms with Gasteiger partial charge in [0.1, 0.15) is 12.2 Å².